The number of hydrogen-bond donors (Lipinski definition) is 0. The van der Waals surface area contributed by atoms with E-state index in [1.807, 2.05) is 0 Å². The van der Waals surface area contributed by atoms with Gasteiger partial charge in [-0.05, 0) is 12.8 Å². The second kappa shape index (κ2) is 41.3. The number of esters is 1. The number of hydrogen-bond acceptors (Lipinski definition) is 7. The second-order valence-corrected chi connectivity index (χ2v) is 12.5. The first-order valence-electron chi connectivity index (χ1n) is 19.4. The van der Waals surface area contributed by atoms with E-state index in [1.54, 1.807) is 0 Å². The van der Waals surface area contributed by atoms with Crippen molar-refractivity contribution in [3.8, 4) is 0 Å². The summed E-state index contributed by atoms with van der Waals surface area (Å²) in [5.41, 5.74) is 0. The first-order chi connectivity index (χ1) is 22.3. The third-order valence-electron chi connectivity index (χ3n) is 8.11. The van der Waals surface area contributed by atoms with Crippen molar-refractivity contribution in [1.82, 2.24) is 0 Å². The van der Waals surface area contributed by atoms with Crippen LogP contribution < -0.4 is 0 Å². The number of carbonyl (C=O) groups is 1. The van der Waals surface area contributed by atoms with Crippen molar-refractivity contribution in [3.63, 3.8) is 0 Å². The Morgan fingerprint density at radius 2 is 0.578 bits per heavy atom. The van der Waals surface area contributed by atoms with Crippen LogP contribution in [-0.4, -0.2) is 78.6 Å². The lowest BCUT2D eigenvalue weighted by atomic mass is 10.0. The Bertz CT molecular complexity index is 546. The molecule has 0 heterocycles. The van der Waals surface area contributed by atoms with E-state index in [0.717, 1.165) is 25.9 Å². The topological polar surface area (TPSA) is 72.5 Å². The average Bonchev–Trinajstić information content (AvgIpc) is 3.05. The van der Waals surface area contributed by atoms with Crippen LogP contribution in [0.2, 0.25) is 0 Å². The SMILES string of the molecule is CCCCCCCCCCCCCCCCCCOCCOCCOCCOCCOCCOC(=O)CCCCCCCCC. The highest BCUT2D eigenvalue weighted by Crippen LogP contribution is 2.14. The van der Waals surface area contributed by atoms with E-state index in [4.69, 9.17) is 28.4 Å². The van der Waals surface area contributed by atoms with Crippen LogP contribution in [0, 0.1) is 0 Å². The lowest BCUT2D eigenvalue weighted by molar-refractivity contribution is -0.145. The Kier molecular flexibility index (Phi) is 40.6. The Labute approximate surface area is 279 Å². The summed E-state index contributed by atoms with van der Waals surface area (Å²) in [7, 11) is 0. The molecule has 0 saturated heterocycles. The molecule has 0 unspecified atom stereocenters. The van der Waals surface area contributed by atoms with Gasteiger partial charge in [0.1, 0.15) is 6.61 Å². The highest BCUT2D eigenvalue weighted by atomic mass is 16.6. The van der Waals surface area contributed by atoms with Gasteiger partial charge in [-0.1, -0.05) is 149 Å². The smallest absolute Gasteiger partial charge is 0.305 e. The summed E-state index contributed by atoms with van der Waals surface area (Å²) in [4.78, 5) is 11.7. The van der Waals surface area contributed by atoms with E-state index in [2.05, 4.69) is 13.8 Å². The summed E-state index contributed by atoms with van der Waals surface area (Å²) in [6, 6.07) is 0. The monoisotopic (exact) mass is 645 g/mol. The third kappa shape index (κ3) is 41.2. The Morgan fingerprint density at radius 3 is 0.933 bits per heavy atom. The molecule has 270 valence electrons. The van der Waals surface area contributed by atoms with Crippen LogP contribution in [0.25, 0.3) is 0 Å². The summed E-state index contributed by atoms with van der Waals surface area (Å²) < 4.78 is 32.9. The molecule has 0 spiro atoms. The van der Waals surface area contributed by atoms with Gasteiger partial charge in [0.25, 0.3) is 0 Å². The maximum Gasteiger partial charge on any atom is 0.305 e. The van der Waals surface area contributed by atoms with Gasteiger partial charge >= 0.3 is 5.97 Å². The molecule has 0 aliphatic heterocycles. The van der Waals surface area contributed by atoms with Gasteiger partial charge in [-0.3, -0.25) is 4.79 Å². The summed E-state index contributed by atoms with van der Waals surface area (Å²) in [5, 5.41) is 0. The fraction of sp³-hybridized carbons (Fsp3) is 0.974. The molecule has 0 aromatic carbocycles. The van der Waals surface area contributed by atoms with Gasteiger partial charge in [0.2, 0.25) is 0 Å². The standard InChI is InChI=1S/C38H76O7/c1-3-5-7-9-11-12-13-14-15-16-17-18-19-21-23-25-27-40-28-29-41-30-31-42-32-33-43-34-35-44-36-37-45-38(39)26-24-22-20-10-8-6-4-2/h3-37H2,1-2H3. The first-order valence-corrected chi connectivity index (χ1v) is 19.4. The highest BCUT2D eigenvalue weighted by Gasteiger charge is 2.03. The molecule has 7 heteroatoms. The molecule has 0 fully saturated rings. The van der Waals surface area contributed by atoms with Gasteiger partial charge in [0.05, 0.1) is 59.5 Å². The van der Waals surface area contributed by atoms with Crippen molar-refractivity contribution in [2.24, 2.45) is 0 Å². The zero-order chi connectivity index (χ0) is 32.6. The molecule has 0 aliphatic rings. The fourth-order valence-corrected chi connectivity index (χ4v) is 5.25. The summed E-state index contributed by atoms with van der Waals surface area (Å²) in [6.45, 7) is 10.5. The quantitative estimate of drug-likeness (QED) is 0.0485. The predicted molar refractivity (Wildman–Crippen MR) is 187 cm³/mol. The number of unbranched alkanes of at least 4 members (excludes halogenated alkanes) is 21. The molecule has 0 amide bonds. The molecule has 0 radical (unpaired) electrons. The maximum absolute atomic E-state index is 11.7. The Morgan fingerprint density at radius 1 is 0.311 bits per heavy atom. The van der Waals surface area contributed by atoms with Crippen molar-refractivity contribution >= 4 is 5.97 Å². The van der Waals surface area contributed by atoms with E-state index in [0.29, 0.717) is 72.5 Å². The van der Waals surface area contributed by atoms with Gasteiger partial charge in [-0.25, -0.2) is 0 Å². The lowest BCUT2D eigenvalue weighted by Gasteiger charge is -2.08. The zero-order valence-corrected chi connectivity index (χ0v) is 30.1. The number of carbonyl (C=O) groups excluding carboxylic acids is 1. The first kappa shape index (κ1) is 44.3. The van der Waals surface area contributed by atoms with E-state index in [1.165, 1.54) is 128 Å². The number of ether oxygens (including phenoxy) is 6. The van der Waals surface area contributed by atoms with Crippen LogP contribution in [0.1, 0.15) is 168 Å². The molecule has 45 heavy (non-hydrogen) atoms. The van der Waals surface area contributed by atoms with Gasteiger partial charge in [-0.15, -0.1) is 0 Å². The maximum atomic E-state index is 11.7. The molecule has 0 aromatic rings. The van der Waals surface area contributed by atoms with Crippen LogP contribution in [0.5, 0.6) is 0 Å². The van der Waals surface area contributed by atoms with Crippen molar-refractivity contribution in [2.45, 2.75) is 168 Å². The largest absolute Gasteiger partial charge is 0.463 e. The zero-order valence-electron chi connectivity index (χ0n) is 30.1. The van der Waals surface area contributed by atoms with Crippen LogP contribution in [0.15, 0.2) is 0 Å². The summed E-state index contributed by atoms with van der Waals surface area (Å²) in [5.74, 6) is -0.123. The van der Waals surface area contributed by atoms with Crippen molar-refractivity contribution in [1.29, 1.82) is 0 Å². The van der Waals surface area contributed by atoms with Crippen LogP contribution in [0.3, 0.4) is 0 Å². The van der Waals surface area contributed by atoms with Gasteiger partial charge in [0, 0.05) is 13.0 Å². The summed E-state index contributed by atoms with van der Waals surface area (Å²) in [6.07, 6.45) is 31.1. The van der Waals surface area contributed by atoms with Crippen molar-refractivity contribution < 1.29 is 33.2 Å². The van der Waals surface area contributed by atoms with Crippen molar-refractivity contribution in [2.75, 3.05) is 72.7 Å². The Balaban J connectivity index is 3.09. The second-order valence-electron chi connectivity index (χ2n) is 12.5. The van der Waals surface area contributed by atoms with E-state index in [-0.39, 0.29) is 5.97 Å². The van der Waals surface area contributed by atoms with Crippen LogP contribution >= 0.6 is 0 Å². The lowest BCUT2D eigenvalue weighted by Crippen LogP contribution is -2.15. The minimum Gasteiger partial charge on any atom is -0.463 e. The molecule has 0 N–H and O–H groups in total. The number of rotatable bonds is 40. The van der Waals surface area contributed by atoms with E-state index < -0.39 is 0 Å². The normalized spacial score (nSPS) is 11.4. The van der Waals surface area contributed by atoms with Gasteiger partial charge in [-0.2, -0.15) is 0 Å². The molecule has 0 atom stereocenters. The molecule has 0 saturated carbocycles. The summed E-state index contributed by atoms with van der Waals surface area (Å²) >= 11 is 0. The third-order valence-corrected chi connectivity index (χ3v) is 8.11. The molecule has 0 aromatic heterocycles. The fourth-order valence-electron chi connectivity index (χ4n) is 5.25. The van der Waals surface area contributed by atoms with Gasteiger partial charge < -0.3 is 28.4 Å². The Hall–Kier alpha value is -0.730. The van der Waals surface area contributed by atoms with E-state index >= 15 is 0 Å². The molecule has 0 rings (SSSR count). The molecule has 7 nitrogen and oxygen atoms in total. The molecule has 0 aliphatic carbocycles. The molecular formula is C38H76O7. The minimum absolute atomic E-state index is 0.123. The van der Waals surface area contributed by atoms with Gasteiger partial charge in [0.15, 0.2) is 0 Å². The van der Waals surface area contributed by atoms with Crippen LogP contribution in [0.4, 0.5) is 0 Å². The minimum atomic E-state index is -0.123. The molecular weight excluding hydrogens is 568 g/mol. The van der Waals surface area contributed by atoms with Crippen molar-refractivity contribution in [3.05, 3.63) is 0 Å². The predicted octanol–water partition coefficient (Wildman–Crippen LogP) is 10.0. The molecule has 0 bridgehead atoms. The van der Waals surface area contributed by atoms with Crippen LogP contribution in [-0.2, 0) is 33.2 Å². The average molecular weight is 645 g/mol. The highest BCUT2D eigenvalue weighted by molar-refractivity contribution is 5.69. The van der Waals surface area contributed by atoms with E-state index in [9.17, 15) is 4.79 Å².